The molecule has 0 aliphatic heterocycles. The summed E-state index contributed by atoms with van der Waals surface area (Å²) in [6, 6.07) is 9.80. The third-order valence-corrected chi connectivity index (χ3v) is 5.57. The number of benzene rings is 1. The highest BCUT2D eigenvalue weighted by Gasteiger charge is 2.43. The van der Waals surface area contributed by atoms with E-state index in [4.69, 9.17) is 0 Å². The average molecular weight is 378 g/mol. The van der Waals surface area contributed by atoms with Gasteiger partial charge in [0.1, 0.15) is 11.6 Å². The van der Waals surface area contributed by atoms with Crippen molar-refractivity contribution >= 4 is 11.8 Å². The summed E-state index contributed by atoms with van der Waals surface area (Å²) >= 11 is 0. The number of aromatic nitrogens is 4. The molecule has 0 atom stereocenters. The first-order chi connectivity index (χ1) is 13.5. The maximum atomic E-state index is 12.5. The van der Waals surface area contributed by atoms with E-state index in [-0.39, 0.29) is 11.4 Å². The van der Waals surface area contributed by atoms with Crippen molar-refractivity contribution in [2.75, 3.05) is 11.9 Å². The smallest absolute Gasteiger partial charge is 0.320 e. The van der Waals surface area contributed by atoms with Crippen LogP contribution in [0.4, 0.5) is 10.6 Å². The van der Waals surface area contributed by atoms with Gasteiger partial charge in [-0.2, -0.15) is 5.10 Å². The maximum absolute atomic E-state index is 12.5. The molecule has 1 aromatic carbocycles. The molecule has 146 valence electrons. The predicted molar refractivity (Wildman–Crippen MR) is 109 cm³/mol. The summed E-state index contributed by atoms with van der Waals surface area (Å²) in [6.07, 6.45) is 6.06. The van der Waals surface area contributed by atoms with Crippen molar-refractivity contribution in [1.29, 1.82) is 0 Å². The Morgan fingerprint density at radius 2 is 1.96 bits per heavy atom. The van der Waals surface area contributed by atoms with Crippen molar-refractivity contribution < 1.29 is 4.79 Å². The quantitative estimate of drug-likeness (QED) is 0.689. The molecule has 7 heteroatoms. The Morgan fingerprint density at radius 3 is 2.61 bits per heavy atom. The Kier molecular flexibility index (Phi) is 4.66. The lowest BCUT2D eigenvalue weighted by Crippen LogP contribution is -2.36. The molecular weight excluding hydrogens is 352 g/mol. The molecule has 0 spiro atoms. The fraction of sp³-hybridized carbons (Fsp3) is 0.381. The van der Waals surface area contributed by atoms with Crippen LogP contribution < -0.4 is 10.6 Å². The van der Waals surface area contributed by atoms with Gasteiger partial charge in [0.15, 0.2) is 0 Å². The molecule has 1 saturated carbocycles. The zero-order valence-electron chi connectivity index (χ0n) is 16.6. The van der Waals surface area contributed by atoms with Crippen LogP contribution in [0.15, 0.2) is 42.7 Å². The topological polar surface area (TPSA) is 76.8 Å². The van der Waals surface area contributed by atoms with Gasteiger partial charge in [-0.1, -0.05) is 30.3 Å². The van der Waals surface area contributed by atoms with E-state index < -0.39 is 0 Å². The van der Waals surface area contributed by atoms with Crippen LogP contribution in [-0.4, -0.2) is 31.9 Å². The molecular formula is C21H26N6O. The highest BCUT2D eigenvalue weighted by molar-refractivity contribution is 5.90. The summed E-state index contributed by atoms with van der Waals surface area (Å²) in [6.45, 7) is 5.53. The van der Waals surface area contributed by atoms with Crippen molar-refractivity contribution in [2.45, 2.75) is 33.2 Å². The number of anilines is 1. The number of urea groups is 1. The molecule has 1 aliphatic carbocycles. The highest BCUT2D eigenvalue weighted by Crippen LogP contribution is 2.46. The van der Waals surface area contributed by atoms with E-state index in [0.29, 0.717) is 12.4 Å². The molecule has 4 rings (SSSR count). The molecule has 0 bridgehead atoms. The molecule has 0 saturated heterocycles. The van der Waals surface area contributed by atoms with E-state index in [1.165, 1.54) is 0 Å². The summed E-state index contributed by atoms with van der Waals surface area (Å²) < 4.78 is 3.88. The van der Waals surface area contributed by atoms with Crippen LogP contribution >= 0.6 is 0 Å². The lowest BCUT2D eigenvalue weighted by Gasteiger charge is -2.18. The molecule has 2 aromatic heterocycles. The average Bonchev–Trinajstić information content (AvgIpc) is 3.27. The standard InChI is InChI=1S/C21H26N6O/c1-15-18(17-7-5-4-6-8-17)25-26(3)19(15)24-20(28)23-13-21(9-10-21)14-27-12-11-22-16(27)2/h4-8,11-12H,9-10,13-14H2,1-3H3,(H2,23,24,28). The van der Waals surface area contributed by atoms with Crippen molar-refractivity contribution in [3.8, 4) is 11.3 Å². The largest absolute Gasteiger partial charge is 0.337 e. The summed E-state index contributed by atoms with van der Waals surface area (Å²) in [5.41, 5.74) is 3.02. The van der Waals surface area contributed by atoms with Gasteiger partial charge in [0.2, 0.25) is 0 Å². The number of hydrogen-bond acceptors (Lipinski definition) is 3. The molecule has 2 heterocycles. The second kappa shape index (κ2) is 7.14. The molecule has 2 N–H and O–H groups in total. The number of carbonyl (C=O) groups excluding carboxylic acids is 1. The first-order valence-electron chi connectivity index (χ1n) is 9.59. The lowest BCUT2D eigenvalue weighted by molar-refractivity contribution is 0.248. The van der Waals surface area contributed by atoms with E-state index in [1.54, 1.807) is 4.68 Å². The third-order valence-electron chi connectivity index (χ3n) is 5.57. The Balaban J connectivity index is 1.39. The van der Waals surface area contributed by atoms with Crippen LogP contribution in [0.5, 0.6) is 0 Å². The lowest BCUT2D eigenvalue weighted by atomic mass is 10.1. The Hall–Kier alpha value is -3.09. The zero-order valence-corrected chi connectivity index (χ0v) is 16.6. The first-order valence-corrected chi connectivity index (χ1v) is 9.59. The number of carbonyl (C=O) groups is 1. The SMILES string of the molecule is Cc1c(-c2ccccc2)nn(C)c1NC(=O)NCC1(Cn2ccnc2C)CC1. The summed E-state index contributed by atoms with van der Waals surface area (Å²) in [4.78, 5) is 16.8. The number of aryl methyl sites for hydroxylation is 2. The number of amides is 2. The Bertz CT molecular complexity index is 984. The van der Waals surface area contributed by atoms with Crippen molar-refractivity contribution in [1.82, 2.24) is 24.6 Å². The van der Waals surface area contributed by atoms with Gasteiger partial charge in [0.25, 0.3) is 0 Å². The first kappa shape index (κ1) is 18.3. The van der Waals surface area contributed by atoms with E-state index in [1.807, 2.05) is 63.6 Å². The van der Waals surface area contributed by atoms with Gasteiger partial charge in [0.05, 0.1) is 5.69 Å². The van der Waals surface area contributed by atoms with E-state index in [2.05, 4.69) is 25.3 Å². The number of hydrogen-bond donors (Lipinski definition) is 2. The molecule has 1 aliphatic rings. The highest BCUT2D eigenvalue weighted by atomic mass is 16.2. The predicted octanol–water partition coefficient (Wildman–Crippen LogP) is 3.50. The molecule has 28 heavy (non-hydrogen) atoms. The normalized spacial score (nSPS) is 14.7. The number of nitrogens with zero attached hydrogens (tertiary/aromatic N) is 4. The molecule has 1 fully saturated rings. The van der Waals surface area contributed by atoms with Crippen LogP contribution in [0.3, 0.4) is 0 Å². The maximum Gasteiger partial charge on any atom is 0.320 e. The van der Waals surface area contributed by atoms with Gasteiger partial charge in [-0.05, 0) is 26.7 Å². The number of rotatable bonds is 6. The summed E-state index contributed by atoms with van der Waals surface area (Å²) in [7, 11) is 1.85. The van der Waals surface area contributed by atoms with E-state index >= 15 is 0 Å². The third kappa shape index (κ3) is 3.65. The molecule has 7 nitrogen and oxygen atoms in total. The van der Waals surface area contributed by atoms with Crippen LogP contribution in [0.2, 0.25) is 0 Å². The van der Waals surface area contributed by atoms with Crippen LogP contribution in [0.25, 0.3) is 11.3 Å². The van der Waals surface area contributed by atoms with Crippen molar-refractivity contribution in [2.24, 2.45) is 12.5 Å². The molecule has 0 unspecified atom stereocenters. The second-order valence-corrected chi connectivity index (χ2v) is 7.72. The molecule has 3 aromatic rings. The fourth-order valence-electron chi connectivity index (χ4n) is 3.59. The van der Waals surface area contributed by atoms with Gasteiger partial charge < -0.3 is 9.88 Å². The zero-order chi connectivity index (χ0) is 19.7. The van der Waals surface area contributed by atoms with Crippen molar-refractivity contribution in [3.63, 3.8) is 0 Å². The van der Waals surface area contributed by atoms with Crippen LogP contribution in [0.1, 0.15) is 24.2 Å². The van der Waals surface area contributed by atoms with Crippen LogP contribution in [0, 0.1) is 19.3 Å². The Morgan fingerprint density at radius 1 is 1.21 bits per heavy atom. The minimum absolute atomic E-state index is 0.138. The van der Waals surface area contributed by atoms with Gasteiger partial charge in [-0.15, -0.1) is 0 Å². The summed E-state index contributed by atoms with van der Waals surface area (Å²) in [5.74, 6) is 1.72. The van der Waals surface area contributed by atoms with E-state index in [0.717, 1.165) is 42.0 Å². The van der Waals surface area contributed by atoms with Gasteiger partial charge in [-0.25, -0.2) is 9.78 Å². The van der Waals surface area contributed by atoms with Gasteiger partial charge in [0, 0.05) is 49.1 Å². The minimum Gasteiger partial charge on any atom is -0.337 e. The Labute approximate surface area is 164 Å². The summed E-state index contributed by atoms with van der Waals surface area (Å²) in [5, 5.41) is 10.6. The molecule has 2 amide bonds. The van der Waals surface area contributed by atoms with Gasteiger partial charge >= 0.3 is 6.03 Å². The monoisotopic (exact) mass is 378 g/mol. The number of imidazole rings is 1. The van der Waals surface area contributed by atoms with E-state index in [9.17, 15) is 4.79 Å². The molecule has 0 radical (unpaired) electrons. The second-order valence-electron chi connectivity index (χ2n) is 7.72. The fourth-order valence-corrected chi connectivity index (χ4v) is 3.59. The van der Waals surface area contributed by atoms with Crippen LogP contribution in [-0.2, 0) is 13.6 Å². The minimum atomic E-state index is -0.195. The number of nitrogens with one attached hydrogen (secondary N) is 2. The van der Waals surface area contributed by atoms with Crippen molar-refractivity contribution in [3.05, 3.63) is 54.1 Å². The van der Waals surface area contributed by atoms with Gasteiger partial charge in [-0.3, -0.25) is 10.00 Å².